The van der Waals surface area contributed by atoms with Gasteiger partial charge in [0.05, 0.1) is 4.90 Å². The zero-order valence-corrected chi connectivity index (χ0v) is 17.9. The first-order valence-corrected chi connectivity index (χ1v) is 11.2. The Balaban J connectivity index is 2.00. The lowest BCUT2D eigenvalue weighted by Crippen LogP contribution is -2.47. The number of nitrogens with zero attached hydrogens (tertiary/aromatic N) is 1. The fourth-order valence-corrected chi connectivity index (χ4v) is 5.29. The lowest BCUT2D eigenvalue weighted by Gasteiger charge is -2.25. The van der Waals surface area contributed by atoms with E-state index in [1.165, 1.54) is 4.31 Å². The Labute approximate surface area is 167 Å². The van der Waals surface area contributed by atoms with Crippen molar-refractivity contribution in [1.82, 2.24) is 14.9 Å². The molecule has 1 saturated heterocycles. The highest BCUT2D eigenvalue weighted by atomic mass is 32.2. The number of hydrogen-bond donors (Lipinski definition) is 2. The van der Waals surface area contributed by atoms with Crippen LogP contribution in [0.5, 0.6) is 0 Å². The molecule has 0 spiro atoms. The molecule has 1 aliphatic rings. The van der Waals surface area contributed by atoms with Crippen LogP contribution in [-0.4, -0.2) is 50.2 Å². The van der Waals surface area contributed by atoms with Crippen LogP contribution in [0.4, 0.5) is 0 Å². The Bertz CT molecular complexity index is 821. The molecule has 0 aliphatic carbocycles. The summed E-state index contributed by atoms with van der Waals surface area (Å²) in [4.78, 5) is 24.2. The van der Waals surface area contributed by atoms with Gasteiger partial charge in [-0.05, 0) is 56.2 Å². The first kappa shape index (κ1) is 22.4. The summed E-state index contributed by atoms with van der Waals surface area (Å²) in [6, 6.07) is 5.02. The molecule has 1 heterocycles. The minimum atomic E-state index is -3.65. The van der Waals surface area contributed by atoms with Gasteiger partial charge in [-0.2, -0.15) is 4.31 Å². The summed E-state index contributed by atoms with van der Waals surface area (Å²) in [5, 5.41) is 5.17. The molecule has 1 aromatic carbocycles. The fraction of sp³-hybridized carbons (Fsp3) is 0.600. The van der Waals surface area contributed by atoms with Gasteiger partial charge in [0.25, 0.3) is 0 Å². The maximum atomic E-state index is 13.1. The van der Waals surface area contributed by atoms with Crippen LogP contribution in [0.1, 0.15) is 44.2 Å². The van der Waals surface area contributed by atoms with E-state index >= 15 is 0 Å². The molecule has 0 aromatic heterocycles. The number of nitrogens with one attached hydrogen (secondary N) is 2. The third kappa shape index (κ3) is 5.54. The number of benzene rings is 1. The van der Waals surface area contributed by atoms with E-state index in [1.54, 1.807) is 19.1 Å². The van der Waals surface area contributed by atoms with Crippen LogP contribution < -0.4 is 10.6 Å². The minimum Gasteiger partial charge on any atom is -0.348 e. The van der Waals surface area contributed by atoms with Crippen LogP contribution in [0.15, 0.2) is 23.1 Å². The molecule has 2 rings (SSSR count). The summed E-state index contributed by atoms with van der Waals surface area (Å²) < 4.78 is 27.7. The summed E-state index contributed by atoms with van der Waals surface area (Å²) in [6.45, 7) is 8.70. The van der Waals surface area contributed by atoms with Gasteiger partial charge in [-0.25, -0.2) is 8.42 Å². The van der Waals surface area contributed by atoms with Crippen molar-refractivity contribution >= 4 is 21.8 Å². The topological polar surface area (TPSA) is 95.6 Å². The van der Waals surface area contributed by atoms with E-state index in [4.69, 9.17) is 0 Å². The largest absolute Gasteiger partial charge is 0.348 e. The molecule has 1 aromatic rings. The molecule has 1 unspecified atom stereocenters. The van der Waals surface area contributed by atoms with E-state index in [-0.39, 0.29) is 12.6 Å². The third-order valence-corrected chi connectivity index (χ3v) is 7.06. The summed E-state index contributed by atoms with van der Waals surface area (Å²) in [5.74, 6) is -0.965. The molecule has 7 nitrogen and oxygen atoms in total. The van der Waals surface area contributed by atoms with Crippen LogP contribution in [0, 0.1) is 19.8 Å². The van der Waals surface area contributed by atoms with Crippen molar-refractivity contribution in [1.29, 1.82) is 0 Å². The third-order valence-electron chi connectivity index (χ3n) is 4.97. The fourth-order valence-electron chi connectivity index (χ4n) is 3.29. The zero-order chi connectivity index (χ0) is 20.9. The molecule has 8 heteroatoms. The van der Waals surface area contributed by atoms with Crippen molar-refractivity contribution in [3.63, 3.8) is 0 Å². The van der Waals surface area contributed by atoms with Gasteiger partial charge in [-0.15, -0.1) is 0 Å². The quantitative estimate of drug-likeness (QED) is 0.671. The molecule has 1 atom stereocenters. The molecule has 0 bridgehead atoms. The molecule has 28 heavy (non-hydrogen) atoms. The highest BCUT2D eigenvalue weighted by Crippen LogP contribution is 2.28. The molecular weight excluding hydrogens is 378 g/mol. The van der Waals surface area contributed by atoms with Crippen molar-refractivity contribution in [3.05, 3.63) is 29.3 Å². The number of carbonyl (C=O) groups is 2. The standard InChI is InChI=1S/C20H31N3O4S/c1-14(2)9-10-21-19(24)20(25)22-13-17-6-5-11-23(17)28(26,27)18-12-15(3)7-8-16(18)4/h7-8,12,14,17H,5-6,9-11,13H2,1-4H3,(H,21,24)(H,22,25). The van der Waals surface area contributed by atoms with E-state index in [9.17, 15) is 18.0 Å². The predicted octanol–water partition coefficient (Wildman–Crippen LogP) is 1.74. The van der Waals surface area contributed by atoms with Crippen molar-refractivity contribution < 1.29 is 18.0 Å². The van der Waals surface area contributed by atoms with Crippen LogP contribution in [0.3, 0.4) is 0 Å². The Kier molecular flexibility index (Phi) is 7.60. The normalized spacial score (nSPS) is 17.7. The van der Waals surface area contributed by atoms with Gasteiger partial charge in [0, 0.05) is 25.7 Å². The van der Waals surface area contributed by atoms with Gasteiger partial charge in [0.1, 0.15) is 0 Å². The highest BCUT2D eigenvalue weighted by Gasteiger charge is 2.36. The summed E-state index contributed by atoms with van der Waals surface area (Å²) in [6.07, 6.45) is 2.17. The number of hydrogen-bond acceptors (Lipinski definition) is 4. The Morgan fingerprint density at radius 1 is 1.18 bits per heavy atom. The SMILES string of the molecule is Cc1ccc(C)c(S(=O)(=O)N2CCCC2CNC(=O)C(=O)NCCC(C)C)c1. The van der Waals surface area contributed by atoms with Gasteiger partial charge < -0.3 is 10.6 Å². The Morgan fingerprint density at radius 3 is 2.54 bits per heavy atom. The number of aryl methyl sites for hydroxylation is 2. The number of sulfonamides is 1. The van der Waals surface area contributed by atoms with E-state index in [0.717, 1.165) is 18.4 Å². The lowest BCUT2D eigenvalue weighted by atomic mass is 10.1. The second-order valence-electron chi connectivity index (χ2n) is 7.83. The van der Waals surface area contributed by atoms with E-state index in [0.29, 0.717) is 35.9 Å². The number of rotatable bonds is 7. The lowest BCUT2D eigenvalue weighted by molar-refractivity contribution is -0.139. The van der Waals surface area contributed by atoms with Crippen molar-refractivity contribution in [2.75, 3.05) is 19.6 Å². The molecule has 2 N–H and O–H groups in total. The van der Waals surface area contributed by atoms with Crippen LogP contribution in [0.25, 0.3) is 0 Å². The first-order valence-electron chi connectivity index (χ1n) is 9.78. The molecule has 1 aliphatic heterocycles. The van der Waals surface area contributed by atoms with Crippen LogP contribution >= 0.6 is 0 Å². The predicted molar refractivity (Wildman–Crippen MR) is 108 cm³/mol. The smallest absolute Gasteiger partial charge is 0.309 e. The number of carbonyl (C=O) groups excluding carboxylic acids is 2. The van der Waals surface area contributed by atoms with Gasteiger partial charge >= 0.3 is 11.8 Å². The molecular formula is C20H31N3O4S. The highest BCUT2D eigenvalue weighted by molar-refractivity contribution is 7.89. The summed E-state index contributed by atoms with van der Waals surface area (Å²) in [5.41, 5.74) is 1.58. The average molecular weight is 410 g/mol. The molecule has 0 radical (unpaired) electrons. The molecule has 0 saturated carbocycles. The maximum absolute atomic E-state index is 13.1. The van der Waals surface area contributed by atoms with Crippen LogP contribution in [0.2, 0.25) is 0 Å². The van der Waals surface area contributed by atoms with Gasteiger partial charge in [0.15, 0.2) is 0 Å². The Hall–Kier alpha value is -1.93. The second-order valence-corrected chi connectivity index (χ2v) is 9.69. The van der Waals surface area contributed by atoms with E-state index < -0.39 is 21.8 Å². The second kappa shape index (κ2) is 9.52. The minimum absolute atomic E-state index is 0.126. The first-order chi connectivity index (χ1) is 13.1. The number of amides is 2. The monoisotopic (exact) mass is 409 g/mol. The average Bonchev–Trinajstić information content (AvgIpc) is 3.10. The van der Waals surface area contributed by atoms with E-state index in [1.807, 2.05) is 26.8 Å². The summed E-state index contributed by atoms with van der Waals surface area (Å²) in [7, 11) is -3.65. The molecule has 1 fully saturated rings. The van der Waals surface area contributed by atoms with Crippen molar-refractivity contribution in [2.24, 2.45) is 5.92 Å². The molecule has 2 amide bonds. The van der Waals surface area contributed by atoms with Gasteiger partial charge in [-0.1, -0.05) is 26.0 Å². The molecule has 156 valence electrons. The van der Waals surface area contributed by atoms with Gasteiger partial charge in [-0.3, -0.25) is 9.59 Å². The van der Waals surface area contributed by atoms with Crippen molar-refractivity contribution in [2.45, 2.75) is 57.9 Å². The summed E-state index contributed by atoms with van der Waals surface area (Å²) >= 11 is 0. The van der Waals surface area contributed by atoms with Crippen molar-refractivity contribution in [3.8, 4) is 0 Å². The Morgan fingerprint density at radius 2 is 1.86 bits per heavy atom. The van der Waals surface area contributed by atoms with Gasteiger partial charge in [0.2, 0.25) is 10.0 Å². The van der Waals surface area contributed by atoms with E-state index in [2.05, 4.69) is 10.6 Å². The maximum Gasteiger partial charge on any atom is 0.309 e. The van der Waals surface area contributed by atoms with Crippen LogP contribution in [-0.2, 0) is 19.6 Å². The zero-order valence-electron chi connectivity index (χ0n) is 17.1.